The highest BCUT2D eigenvalue weighted by Gasteiger charge is 2.10. The van der Waals surface area contributed by atoms with E-state index in [4.69, 9.17) is 0 Å². The highest BCUT2D eigenvalue weighted by Crippen LogP contribution is 2.21. The van der Waals surface area contributed by atoms with Gasteiger partial charge in [0.2, 0.25) is 0 Å². The van der Waals surface area contributed by atoms with Gasteiger partial charge in [-0.25, -0.2) is 9.97 Å². The molecular formula is C11H15N5S. The second-order valence-corrected chi connectivity index (χ2v) is 4.62. The average Bonchev–Trinajstić information content (AvgIpc) is 2.76. The summed E-state index contributed by atoms with van der Waals surface area (Å²) in [6.07, 6.45) is 3.39. The zero-order valence-electron chi connectivity index (χ0n) is 10.1. The SMILES string of the molecule is CNc1cncc(NC(C)c2nc(C)cs2)n1. The minimum Gasteiger partial charge on any atom is -0.372 e. The van der Waals surface area contributed by atoms with E-state index in [0.717, 1.165) is 22.3 Å². The van der Waals surface area contributed by atoms with Crippen molar-refractivity contribution in [2.75, 3.05) is 17.7 Å². The molecule has 2 rings (SSSR count). The lowest BCUT2D eigenvalue weighted by molar-refractivity contribution is 0.853. The van der Waals surface area contributed by atoms with E-state index in [1.807, 2.05) is 19.4 Å². The molecule has 0 aliphatic heterocycles. The molecule has 0 aliphatic rings. The van der Waals surface area contributed by atoms with Crippen LogP contribution in [-0.2, 0) is 0 Å². The third kappa shape index (κ3) is 2.91. The number of anilines is 2. The number of hydrogen-bond acceptors (Lipinski definition) is 6. The van der Waals surface area contributed by atoms with Crippen LogP contribution in [0.3, 0.4) is 0 Å². The monoisotopic (exact) mass is 249 g/mol. The van der Waals surface area contributed by atoms with E-state index in [9.17, 15) is 0 Å². The van der Waals surface area contributed by atoms with Crippen molar-refractivity contribution in [1.29, 1.82) is 0 Å². The summed E-state index contributed by atoms with van der Waals surface area (Å²) in [6, 6.07) is 0.134. The van der Waals surface area contributed by atoms with Gasteiger partial charge < -0.3 is 10.6 Å². The molecule has 2 N–H and O–H groups in total. The minimum absolute atomic E-state index is 0.134. The van der Waals surface area contributed by atoms with E-state index < -0.39 is 0 Å². The number of nitrogens with one attached hydrogen (secondary N) is 2. The van der Waals surface area contributed by atoms with Crippen molar-refractivity contribution in [1.82, 2.24) is 15.0 Å². The summed E-state index contributed by atoms with van der Waals surface area (Å²) in [7, 11) is 1.82. The van der Waals surface area contributed by atoms with Crippen LogP contribution in [0.2, 0.25) is 0 Å². The summed E-state index contributed by atoms with van der Waals surface area (Å²) < 4.78 is 0. The molecule has 0 bridgehead atoms. The number of aromatic nitrogens is 3. The van der Waals surface area contributed by atoms with Crippen molar-refractivity contribution in [3.63, 3.8) is 0 Å². The number of nitrogens with zero attached hydrogens (tertiary/aromatic N) is 3. The molecule has 17 heavy (non-hydrogen) atoms. The molecule has 0 amide bonds. The molecule has 1 unspecified atom stereocenters. The molecule has 2 heterocycles. The minimum atomic E-state index is 0.134. The number of thiazole rings is 1. The van der Waals surface area contributed by atoms with Gasteiger partial charge in [0.25, 0.3) is 0 Å². The fraction of sp³-hybridized carbons (Fsp3) is 0.364. The molecule has 1 atom stereocenters. The predicted molar refractivity (Wildman–Crippen MR) is 70.5 cm³/mol. The van der Waals surface area contributed by atoms with Crippen LogP contribution in [0, 0.1) is 6.92 Å². The Morgan fingerprint density at radius 3 is 2.65 bits per heavy atom. The first-order chi connectivity index (χ1) is 8.19. The summed E-state index contributed by atoms with van der Waals surface area (Å²) in [5.41, 5.74) is 1.05. The van der Waals surface area contributed by atoms with Crippen LogP contribution in [0.5, 0.6) is 0 Å². The molecule has 2 aromatic heterocycles. The summed E-state index contributed by atoms with van der Waals surface area (Å²) in [4.78, 5) is 12.9. The third-order valence-corrected chi connectivity index (χ3v) is 3.41. The van der Waals surface area contributed by atoms with Gasteiger partial charge in [0, 0.05) is 18.1 Å². The first-order valence-electron chi connectivity index (χ1n) is 5.37. The maximum Gasteiger partial charge on any atom is 0.147 e. The lowest BCUT2D eigenvalue weighted by atomic mass is 10.3. The molecule has 0 aliphatic carbocycles. The Bertz CT molecular complexity index is 496. The molecule has 90 valence electrons. The third-order valence-electron chi connectivity index (χ3n) is 2.26. The summed E-state index contributed by atoms with van der Waals surface area (Å²) in [5, 5.41) is 9.34. The number of rotatable bonds is 4. The van der Waals surface area contributed by atoms with Gasteiger partial charge in [0.05, 0.1) is 18.4 Å². The Labute approximate surface area is 104 Å². The number of hydrogen-bond donors (Lipinski definition) is 2. The Hall–Kier alpha value is -1.69. The van der Waals surface area contributed by atoms with Crippen LogP contribution in [0.1, 0.15) is 23.7 Å². The van der Waals surface area contributed by atoms with Gasteiger partial charge in [-0.05, 0) is 13.8 Å². The molecule has 0 aromatic carbocycles. The summed E-state index contributed by atoms with van der Waals surface area (Å²) in [5.74, 6) is 1.50. The molecule has 5 nitrogen and oxygen atoms in total. The molecule has 0 radical (unpaired) electrons. The largest absolute Gasteiger partial charge is 0.372 e. The van der Waals surface area contributed by atoms with Gasteiger partial charge >= 0.3 is 0 Å². The highest BCUT2D eigenvalue weighted by atomic mass is 32.1. The topological polar surface area (TPSA) is 62.7 Å². The second-order valence-electron chi connectivity index (χ2n) is 3.73. The molecule has 0 fully saturated rings. The Morgan fingerprint density at radius 2 is 2.00 bits per heavy atom. The van der Waals surface area contributed by atoms with Crippen LogP contribution in [0.25, 0.3) is 0 Å². The Kier molecular flexibility index (Phi) is 3.53. The van der Waals surface area contributed by atoms with Gasteiger partial charge in [-0.1, -0.05) is 0 Å². The normalized spacial score (nSPS) is 12.2. The van der Waals surface area contributed by atoms with Crippen molar-refractivity contribution >= 4 is 23.0 Å². The smallest absolute Gasteiger partial charge is 0.147 e. The van der Waals surface area contributed by atoms with Gasteiger partial charge in [0.1, 0.15) is 16.6 Å². The lowest BCUT2D eigenvalue weighted by Crippen LogP contribution is -2.08. The van der Waals surface area contributed by atoms with E-state index >= 15 is 0 Å². The Morgan fingerprint density at radius 1 is 1.24 bits per heavy atom. The van der Waals surface area contributed by atoms with Crippen LogP contribution in [0.4, 0.5) is 11.6 Å². The van der Waals surface area contributed by atoms with Gasteiger partial charge in [-0.3, -0.25) is 4.98 Å². The molecule has 2 aromatic rings. The summed E-state index contributed by atoms with van der Waals surface area (Å²) >= 11 is 1.65. The van der Waals surface area contributed by atoms with Crippen molar-refractivity contribution in [2.45, 2.75) is 19.9 Å². The highest BCUT2D eigenvalue weighted by molar-refractivity contribution is 7.09. The van der Waals surface area contributed by atoms with E-state index in [0.29, 0.717) is 0 Å². The fourth-order valence-electron chi connectivity index (χ4n) is 1.41. The van der Waals surface area contributed by atoms with Crippen LogP contribution in [0.15, 0.2) is 17.8 Å². The zero-order chi connectivity index (χ0) is 12.3. The van der Waals surface area contributed by atoms with Crippen molar-refractivity contribution < 1.29 is 0 Å². The van der Waals surface area contributed by atoms with Crippen LogP contribution >= 0.6 is 11.3 Å². The van der Waals surface area contributed by atoms with E-state index in [1.165, 1.54) is 0 Å². The van der Waals surface area contributed by atoms with Crippen molar-refractivity contribution in [3.05, 3.63) is 28.5 Å². The van der Waals surface area contributed by atoms with Crippen molar-refractivity contribution in [3.8, 4) is 0 Å². The predicted octanol–water partition coefficient (Wildman–Crippen LogP) is 2.46. The number of aryl methyl sites for hydroxylation is 1. The van der Waals surface area contributed by atoms with E-state index in [2.05, 4.69) is 32.5 Å². The van der Waals surface area contributed by atoms with Crippen LogP contribution in [-0.4, -0.2) is 22.0 Å². The first kappa shape index (κ1) is 11.8. The molecule has 0 saturated carbocycles. The molecule has 0 saturated heterocycles. The van der Waals surface area contributed by atoms with Gasteiger partial charge in [-0.2, -0.15) is 0 Å². The second kappa shape index (κ2) is 5.09. The standard InChI is InChI=1S/C11H15N5S/c1-7-6-17-11(14-7)8(2)15-10-5-13-4-9(12-3)16-10/h4-6,8H,1-3H3,(H2,12,15,16). The Balaban J connectivity index is 2.09. The van der Waals surface area contributed by atoms with E-state index in [1.54, 1.807) is 23.7 Å². The van der Waals surface area contributed by atoms with E-state index in [-0.39, 0.29) is 6.04 Å². The van der Waals surface area contributed by atoms with Crippen LogP contribution < -0.4 is 10.6 Å². The molecule has 6 heteroatoms. The summed E-state index contributed by atoms with van der Waals surface area (Å²) in [6.45, 7) is 4.06. The lowest BCUT2D eigenvalue weighted by Gasteiger charge is -2.12. The zero-order valence-corrected chi connectivity index (χ0v) is 10.9. The van der Waals surface area contributed by atoms with Gasteiger partial charge in [-0.15, -0.1) is 11.3 Å². The van der Waals surface area contributed by atoms with Gasteiger partial charge in [0.15, 0.2) is 0 Å². The van der Waals surface area contributed by atoms with Crippen molar-refractivity contribution in [2.24, 2.45) is 0 Å². The fourth-order valence-corrected chi connectivity index (χ4v) is 2.21. The average molecular weight is 249 g/mol. The maximum absolute atomic E-state index is 4.44. The molecule has 0 spiro atoms. The quantitative estimate of drug-likeness (QED) is 0.871. The maximum atomic E-state index is 4.44. The first-order valence-corrected chi connectivity index (χ1v) is 6.25. The molecular weight excluding hydrogens is 234 g/mol.